The maximum atomic E-state index is 12.7. The van der Waals surface area contributed by atoms with Crippen LogP contribution in [0.15, 0.2) is 122 Å². The number of aliphatic hydroxyl groups is 2. The molecule has 0 bridgehead atoms. The first-order chi connectivity index (χ1) is 56.7. The van der Waals surface area contributed by atoms with Crippen molar-refractivity contribution in [2.75, 3.05) is 59.2 Å². The number of amides is 1. The fourth-order valence-electron chi connectivity index (χ4n) is 12.0. The molecule has 17 rings (SSSR count). The number of pyridine rings is 4. The van der Waals surface area contributed by atoms with Crippen LogP contribution in [0.5, 0.6) is 23.5 Å². The molecule has 0 radical (unpaired) electrons. The minimum atomic E-state index is -1.19. The summed E-state index contributed by atoms with van der Waals surface area (Å²) in [4.78, 5) is 96.0. The Morgan fingerprint density at radius 3 is 1.26 bits per heavy atom. The topological polar surface area (TPSA) is 494 Å². The van der Waals surface area contributed by atoms with Gasteiger partial charge < -0.3 is 81.5 Å². The Hall–Kier alpha value is -13.5. The zero-order chi connectivity index (χ0) is 83.6. The minimum absolute atomic E-state index is 0.0325. The van der Waals surface area contributed by atoms with Crippen LogP contribution < -0.4 is 56.2 Å². The summed E-state index contributed by atoms with van der Waals surface area (Å²) in [5, 5.41) is 79.7. The molecule has 12 aromatic heterocycles. The summed E-state index contributed by atoms with van der Waals surface area (Å²) >= 11 is 0. The number of ether oxygens (including phenoxy) is 5. The molecule has 5 fully saturated rings. The van der Waals surface area contributed by atoms with E-state index in [0.29, 0.717) is 137 Å². The molecular weight excluding hydrogens is 1520 g/mol. The quantitative estimate of drug-likeness (QED) is 0.0194. The third-order valence-electron chi connectivity index (χ3n) is 19.0. The number of aryl methyl sites for hydroxylation is 2. The zero-order valence-corrected chi connectivity index (χ0v) is 66.3. The summed E-state index contributed by atoms with van der Waals surface area (Å²) in [6.07, 6.45) is 25.5. The van der Waals surface area contributed by atoms with Crippen molar-refractivity contribution in [2.45, 2.75) is 172 Å². The minimum Gasteiger partial charge on any atom is -0.480 e. The van der Waals surface area contributed by atoms with E-state index in [2.05, 4.69) is 86.9 Å². The SMILES string of the molecule is CCc1cc(Nc2cccnc2OC2CC2)nc2c(C(=O)O)cnn12.CCc1cc(Nc2cccnc2OC2CC2)nc2c(C(=O)O)cnn12.CN(C(=O)OC(C)(C)C)c1cc(Nc2cccnc2OC2CC2)nc2c(C(=O)O)cnn12.CNc1cc(Nc2cccnc2OC)nc2c(C(=O)CCCC3(O)CC3)cnn12.NCCC1(O)CC1. The van der Waals surface area contributed by atoms with Crippen LogP contribution in [0.25, 0.3) is 22.6 Å². The fourth-order valence-corrected chi connectivity index (χ4v) is 12.0. The van der Waals surface area contributed by atoms with Gasteiger partial charge in [-0.15, -0.1) is 0 Å². The van der Waals surface area contributed by atoms with E-state index in [0.717, 1.165) is 82.0 Å². The largest absolute Gasteiger partial charge is 0.480 e. The normalized spacial score (nSPS) is 14.6. The van der Waals surface area contributed by atoms with Crippen molar-refractivity contribution < 1.29 is 73.2 Å². The lowest BCUT2D eigenvalue weighted by molar-refractivity contribution is 0.0585. The second-order valence-electron chi connectivity index (χ2n) is 29.7. The van der Waals surface area contributed by atoms with Gasteiger partial charge in [-0.1, -0.05) is 13.8 Å². The van der Waals surface area contributed by atoms with Gasteiger partial charge in [-0.2, -0.15) is 29.4 Å². The molecule has 12 N–H and O–H groups in total. The van der Waals surface area contributed by atoms with Gasteiger partial charge in [-0.3, -0.25) is 9.69 Å². The van der Waals surface area contributed by atoms with E-state index in [4.69, 9.17) is 34.5 Å². The molecule has 0 spiro atoms. The number of nitrogens with one attached hydrogen (secondary N) is 5. The van der Waals surface area contributed by atoms with Crippen molar-refractivity contribution in [2.24, 2.45) is 5.73 Å². The predicted octanol–water partition coefficient (Wildman–Crippen LogP) is 11.5. The fraction of sp³-hybridized carbons (Fsp3) is 0.388. The number of nitrogens with two attached hydrogens (primary N) is 1. The molecule has 5 saturated carbocycles. The molecule has 12 heterocycles. The summed E-state index contributed by atoms with van der Waals surface area (Å²) in [5.74, 6) is 1.43. The summed E-state index contributed by atoms with van der Waals surface area (Å²) in [6, 6.07) is 21.6. The number of carbonyl (C=O) groups excluding carboxylic acids is 2. The Kier molecular flexibility index (Phi) is 25.0. The number of methoxy groups -OCH3 is 1. The molecular formula is C80H93N23O15. The molecule has 618 valence electrons. The van der Waals surface area contributed by atoms with E-state index in [1.54, 1.807) is 110 Å². The molecule has 0 atom stereocenters. The van der Waals surface area contributed by atoms with Crippen LogP contribution in [0.3, 0.4) is 0 Å². The van der Waals surface area contributed by atoms with Gasteiger partial charge in [-0.25, -0.2) is 68.1 Å². The summed E-state index contributed by atoms with van der Waals surface area (Å²) in [5.41, 5.74) is 9.61. The van der Waals surface area contributed by atoms with Gasteiger partial charge in [0, 0.05) is 81.0 Å². The number of hydrogen-bond donors (Lipinski definition) is 11. The third kappa shape index (κ3) is 20.8. The number of carbonyl (C=O) groups is 5. The highest BCUT2D eigenvalue weighted by atomic mass is 16.6. The number of carboxylic acids is 3. The van der Waals surface area contributed by atoms with Crippen molar-refractivity contribution in [1.29, 1.82) is 0 Å². The standard InChI is InChI=1S/C21H24N6O5.C20H24N6O3.2C17H17N5O3.C5H11NO/c1-21(2,3)32-20(30)26(4)16-10-15(25-17-13(19(28)29)11-23-27(16)17)24-14-6-5-9-22-18(14)31-12-7-8-12;1-21-17-11-16(24-14-5-4-10-22-19(14)29-2)25-18-13(12-23-26(17)18)15(27)6-3-7-20(28)8-9-20;2*1-2-10-8-14(21-15-12(17(23)24)9-19-22(10)15)20-13-4-3-7-18-16(13)25-11-5-6-11;6-4-3-5(7)1-2-5/h5-6,9-12H,7-8H2,1-4H3,(H,24,25)(H,28,29);4-5,10-12,21,28H,3,6-9H2,1-2H3,(H,24,25);2*3-4,7-9,11H,2,5-6H2,1H3,(H,20,21)(H,23,24);7H,1-4,6H2. The highest BCUT2D eigenvalue weighted by molar-refractivity contribution is 6.02. The van der Waals surface area contributed by atoms with E-state index < -0.39 is 35.2 Å². The first kappa shape index (κ1) is 82.5. The van der Waals surface area contributed by atoms with Crippen molar-refractivity contribution in [3.8, 4) is 23.5 Å². The average Bonchev–Trinajstić information content (AvgIpc) is 1.53. The number of nitrogens with zero attached hydrogens (tertiary/aromatic N) is 17. The molecule has 118 heavy (non-hydrogen) atoms. The smallest absolute Gasteiger partial charge is 0.415 e. The van der Waals surface area contributed by atoms with Crippen LogP contribution in [0.1, 0.15) is 177 Å². The first-order valence-electron chi connectivity index (χ1n) is 38.7. The van der Waals surface area contributed by atoms with Crippen molar-refractivity contribution in [3.63, 3.8) is 0 Å². The van der Waals surface area contributed by atoms with E-state index in [1.807, 2.05) is 56.3 Å². The highest BCUT2D eigenvalue weighted by Crippen LogP contribution is 2.41. The first-order valence-corrected chi connectivity index (χ1v) is 38.7. The van der Waals surface area contributed by atoms with Gasteiger partial charge in [-0.05, 0) is 172 Å². The number of fused-ring (bicyclic) bond motifs is 4. The Balaban J connectivity index is 0.000000133. The Labute approximate surface area is 675 Å². The van der Waals surface area contributed by atoms with Gasteiger partial charge >= 0.3 is 24.0 Å². The lowest BCUT2D eigenvalue weighted by atomic mass is 10.1. The lowest BCUT2D eigenvalue weighted by Crippen LogP contribution is -2.35. The van der Waals surface area contributed by atoms with Crippen LogP contribution in [-0.4, -0.2) is 197 Å². The second kappa shape index (κ2) is 35.7. The molecule has 0 aliphatic heterocycles. The third-order valence-corrected chi connectivity index (χ3v) is 19.0. The van der Waals surface area contributed by atoms with Gasteiger partial charge in [0.1, 0.15) is 98.3 Å². The number of rotatable bonds is 29. The maximum Gasteiger partial charge on any atom is 0.415 e. The van der Waals surface area contributed by atoms with Crippen molar-refractivity contribution >= 4 is 110 Å². The second-order valence-corrected chi connectivity index (χ2v) is 29.7. The molecule has 0 saturated heterocycles. The lowest BCUT2D eigenvalue weighted by Gasteiger charge is -2.25. The van der Waals surface area contributed by atoms with Crippen LogP contribution in [0.2, 0.25) is 0 Å². The Morgan fingerprint density at radius 2 is 0.890 bits per heavy atom. The molecule has 0 aromatic carbocycles. The summed E-state index contributed by atoms with van der Waals surface area (Å²) < 4.78 is 34.2. The molecule has 38 heteroatoms. The number of aromatic nitrogens is 16. The number of anilines is 10. The van der Waals surface area contributed by atoms with E-state index in [9.17, 15) is 44.4 Å². The number of ketones is 1. The molecule has 5 aliphatic rings. The van der Waals surface area contributed by atoms with Crippen molar-refractivity contribution in [1.82, 2.24) is 78.3 Å². The number of aromatic carboxylic acids is 3. The van der Waals surface area contributed by atoms with Gasteiger partial charge in [0.2, 0.25) is 23.5 Å². The molecule has 5 aliphatic carbocycles. The Bertz CT molecular complexity index is 5490. The molecule has 0 unspecified atom stereocenters. The van der Waals surface area contributed by atoms with E-state index in [-0.39, 0.29) is 57.9 Å². The Morgan fingerprint density at radius 1 is 0.525 bits per heavy atom. The molecule has 38 nitrogen and oxygen atoms in total. The zero-order valence-electron chi connectivity index (χ0n) is 66.3. The molecule has 1 amide bonds. The van der Waals surface area contributed by atoms with Gasteiger partial charge in [0.15, 0.2) is 28.4 Å². The van der Waals surface area contributed by atoms with Gasteiger partial charge in [0.25, 0.3) is 0 Å². The number of hydrogen-bond acceptors (Lipinski definition) is 30. The maximum absolute atomic E-state index is 12.7. The van der Waals surface area contributed by atoms with Crippen LogP contribution in [-0.2, 0) is 17.6 Å². The van der Waals surface area contributed by atoms with Crippen LogP contribution in [0, 0.1) is 0 Å². The summed E-state index contributed by atoms with van der Waals surface area (Å²) in [6.45, 7) is 9.85. The highest BCUT2D eigenvalue weighted by Gasteiger charge is 2.40. The number of Topliss-reactive ketones (excluding diaryl/α,β-unsaturated/α-hetero) is 1. The van der Waals surface area contributed by atoms with Crippen molar-refractivity contribution in [3.05, 3.63) is 156 Å². The number of carboxylic acid groups (broad SMARTS) is 3. The predicted molar refractivity (Wildman–Crippen MR) is 434 cm³/mol. The van der Waals surface area contributed by atoms with E-state index >= 15 is 0 Å². The summed E-state index contributed by atoms with van der Waals surface area (Å²) in [7, 11) is 4.85. The van der Waals surface area contributed by atoms with Gasteiger partial charge in [0.05, 0.1) is 48.7 Å². The van der Waals surface area contributed by atoms with E-state index in [1.165, 1.54) is 35.1 Å². The monoisotopic (exact) mass is 1620 g/mol. The van der Waals surface area contributed by atoms with Crippen LogP contribution in [0.4, 0.5) is 62.5 Å². The average molecular weight is 1620 g/mol. The molecule has 12 aromatic rings. The van der Waals surface area contributed by atoms with Crippen LogP contribution >= 0.6 is 0 Å².